The van der Waals surface area contributed by atoms with Gasteiger partial charge in [-0.1, -0.05) is 12.1 Å². The first kappa shape index (κ1) is 10.1. The van der Waals surface area contributed by atoms with Crippen molar-refractivity contribution in [2.24, 2.45) is 0 Å². The number of hydrogen-bond donors (Lipinski definition) is 1. The third-order valence-electron chi connectivity index (χ3n) is 2.70. The van der Waals surface area contributed by atoms with E-state index in [2.05, 4.69) is 15.9 Å². The summed E-state index contributed by atoms with van der Waals surface area (Å²) in [6.45, 7) is 1.73. The van der Waals surface area contributed by atoms with E-state index in [4.69, 9.17) is 0 Å². The highest BCUT2D eigenvalue weighted by Crippen LogP contribution is 2.40. The van der Waals surface area contributed by atoms with E-state index in [-0.39, 0.29) is 5.82 Å². The van der Waals surface area contributed by atoms with Crippen LogP contribution in [0.3, 0.4) is 0 Å². The van der Waals surface area contributed by atoms with Crippen LogP contribution in [0.5, 0.6) is 0 Å². The van der Waals surface area contributed by atoms with Crippen molar-refractivity contribution in [3.63, 3.8) is 0 Å². The van der Waals surface area contributed by atoms with Gasteiger partial charge >= 0.3 is 0 Å². The Labute approximate surface area is 91.1 Å². The average Bonchev–Trinajstić information content (AvgIpc) is 2.86. The molecule has 0 aromatic heterocycles. The Morgan fingerprint density at radius 1 is 1.50 bits per heavy atom. The van der Waals surface area contributed by atoms with Crippen LogP contribution in [-0.4, -0.2) is 10.7 Å². The largest absolute Gasteiger partial charge is 0.390 e. The Bertz CT molecular complexity index is 372. The van der Waals surface area contributed by atoms with E-state index in [9.17, 15) is 9.50 Å². The first-order valence-corrected chi connectivity index (χ1v) is 5.47. The van der Waals surface area contributed by atoms with Gasteiger partial charge in [-0.2, -0.15) is 0 Å². The van der Waals surface area contributed by atoms with Gasteiger partial charge in [-0.15, -0.1) is 0 Å². The molecule has 1 nitrogen and oxygen atoms in total. The number of rotatable bonds is 2. The van der Waals surface area contributed by atoms with E-state index in [1.807, 2.05) is 6.07 Å². The predicted molar refractivity (Wildman–Crippen MR) is 56.7 cm³/mol. The minimum atomic E-state index is -0.565. The molecule has 0 bridgehead atoms. The predicted octanol–water partition coefficient (Wildman–Crippen LogP) is 2.96. The summed E-state index contributed by atoms with van der Waals surface area (Å²) in [6, 6.07) is 3.62. The van der Waals surface area contributed by atoms with Crippen LogP contribution < -0.4 is 0 Å². The van der Waals surface area contributed by atoms with Gasteiger partial charge in [0.15, 0.2) is 0 Å². The lowest BCUT2D eigenvalue weighted by atomic mass is 10.0. The second kappa shape index (κ2) is 3.31. The van der Waals surface area contributed by atoms with Gasteiger partial charge in [0.05, 0.1) is 10.1 Å². The monoisotopic (exact) mass is 258 g/mol. The van der Waals surface area contributed by atoms with Gasteiger partial charge in [-0.25, -0.2) is 4.39 Å². The maximum Gasteiger partial charge on any atom is 0.140 e. The fourth-order valence-electron chi connectivity index (χ4n) is 1.50. The molecule has 1 aliphatic carbocycles. The molecule has 1 N–H and O–H groups in total. The van der Waals surface area contributed by atoms with E-state index in [1.54, 1.807) is 13.0 Å². The van der Waals surface area contributed by atoms with Crippen LogP contribution in [0.25, 0.3) is 0 Å². The molecule has 0 saturated heterocycles. The molecule has 0 spiro atoms. The third kappa shape index (κ3) is 1.84. The zero-order valence-corrected chi connectivity index (χ0v) is 9.57. The molecule has 1 saturated carbocycles. The van der Waals surface area contributed by atoms with Crippen LogP contribution >= 0.6 is 15.9 Å². The van der Waals surface area contributed by atoms with Crippen molar-refractivity contribution >= 4 is 15.9 Å². The Balaban J connectivity index is 2.30. The molecule has 1 aromatic carbocycles. The standard InChI is InChI=1S/C11H12BrFO/c1-7-2-3-8(9(12)10(7)13)6-11(14)4-5-11/h2-3,14H,4-6H2,1H3. The van der Waals surface area contributed by atoms with Crippen molar-refractivity contribution in [1.29, 1.82) is 0 Å². The van der Waals surface area contributed by atoms with Crippen molar-refractivity contribution in [3.05, 3.63) is 33.5 Å². The van der Waals surface area contributed by atoms with Gasteiger partial charge in [0.2, 0.25) is 0 Å². The Morgan fingerprint density at radius 2 is 2.14 bits per heavy atom. The number of halogens is 2. The van der Waals surface area contributed by atoms with Gasteiger partial charge in [-0.3, -0.25) is 0 Å². The summed E-state index contributed by atoms with van der Waals surface area (Å²) >= 11 is 3.23. The van der Waals surface area contributed by atoms with E-state index in [1.165, 1.54) is 0 Å². The first-order chi connectivity index (χ1) is 6.52. The fraction of sp³-hybridized carbons (Fsp3) is 0.455. The number of aliphatic hydroxyl groups is 1. The highest BCUT2D eigenvalue weighted by atomic mass is 79.9. The molecule has 1 aliphatic rings. The van der Waals surface area contributed by atoms with Crippen LogP contribution in [0.2, 0.25) is 0 Å². The molecule has 0 aliphatic heterocycles. The van der Waals surface area contributed by atoms with Crippen molar-refractivity contribution in [2.45, 2.75) is 31.8 Å². The summed E-state index contributed by atoms with van der Waals surface area (Å²) in [6.07, 6.45) is 2.20. The number of hydrogen-bond acceptors (Lipinski definition) is 1. The topological polar surface area (TPSA) is 20.2 Å². The van der Waals surface area contributed by atoms with E-state index >= 15 is 0 Å². The minimum absolute atomic E-state index is 0.216. The second-order valence-corrected chi connectivity index (χ2v) is 4.86. The zero-order chi connectivity index (χ0) is 10.3. The highest BCUT2D eigenvalue weighted by molar-refractivity contribution is 9.10. The van der Waals surface area contributed by atoms with E-state index in [0.717, 1.165) is 18.4 Å². The minimum Gasteiger partial charge on any atom is -0.390 e. The molecule has 0 heterocycles. The summed E-state index contributed by atoms with van der Waals surface area (Å²) in [7, 11) is 0. The molecule has 76 valence electrons. The highest BCUT2D eigenvalue weighted by Gasteiger charge is 2.40. The summed E-state index contributed by atoms with van der Waals surface area (Å²) in [5.41, 5.74) is 0.918. The van der Waals surface area contributed by atoms with Gasteiger partial charge in [0.25, 0.3) is 0 Å². The third-order valence-corrected chi connectivity index (χ3v) is 3.56. The molecular formula is C11H12BrFO. The Morgan fingerprint density at radius 3 is 2.71 bits per heavy atom. The normalized spacial score (nSPS) is 18.3. The van der Waals surface area contributed by atoms with Gasteiger partial charge in [0.1, 0.15) is 5.82 Å². The van der Waals surface area contributed by atoms with Crippen LogP contribution in [0.1, 0.15) is 24.0 Å². The maximum atomic E-state index is 13.5. The van der Waals surface area contributed by atoms with E-state index in [0.29, 0.717) is 16.5 Å². The van der Waals surface area contributed by atoms with Crippen molar-refractivity contribution in [3.8, 4) is 0 Å². The molecule has 14 heavy (non-hydrogen) atoms. The van der Waals surface area contributed by atoms with Crippen LogP contribution in [0, 0.1) is 12.7 Å². The molecule has 1 aromatic rings. The van der Waals surface area contributed by atoms with Crippen LogP contribution in [0.15, 0.2) is 16.6 Å². The first-order valence-electron chi connectivity index (χ1n) is 4.68. The van der Waals surface area contributed by atoms with Crippen LogP contribution in [0.4, 0.5) is 4.39 Å². The lowest BCUT2D eigenvalue weighted by Crippen LogP contribution is -2.11. The average molecular weight is 259 g/mol. The second-order valence-electron chi connectivity index (χ2n) is 4.07. The summed E-state index contributed by atoms with van der Waals surface area (Å²) in [5.74, 6) is -0.216. The van der Waals surface area contributed by atoms with E-state index < -0.39 is 5.60 Å². The summed E-state index contributed by atoms with van der Waals surface area (Å²) < 4.78 is 14.0. The maximum absolute atomic E-state index is 13.5. The molecule has 0 unspecified atom stereocenters. The smallest absolute Gasteiger partial charge is 0.140 e. The molecule has 0 atom stereocenters. The summed E-state index contributed by atoms with van der Waals surface area (Å²) in [4.78, 5) is 0. The van der Waals surface area contributed by atoms with Crippen molar-refractivity contribution in [1.82, 2.24) is 0 Å². The van der Waals surface area contributed by atoms with Crippen LogP contribution in [-0.2, 0) is 6.42 Å². The van der Waals surface area contributed by atoms with Crippen molar-refractivity contribution < 1.29 is 9.50 Å². The Hall–Kier alpha value is -0.410. The molecule has 0 amide bonds. The number of benzene rings is 1. The van der Waals surface area contributed by atoms with Gasteiger partial charge < -0.3 is 5.11 Å². The SMILES string of the molecule is Cc1ccc(CC2(O)CC2)c(Br)c1F. The quantitative estimate of drug-likeness (QED) is 0.865. The molecule has 1 fully saturated rings. The zero-order valence-electron chi connectivity index (χ0n) is 7.98. The van der Waals surface area contributed by atoms with Crippen molar-refractivity contribution in [2.75, 3.05) is 0 Å². The lowest BCUT2D eigenvalue weighted by Gasteiger charge is -2.10. The Kier molecular flexibility index (Phi) is 2.40. The molecule has 2 rings (SSSR count). The van der Waals surface area contributed by atoms with Gasteiger partial charge in [0, 0.05) is 6.42 Å². The molecule has 0 radical (unpaired) electrons. The van der Waals surface area contributed by atoms with Gasteiger partial charge in [-0.05, 0) is 46.8 Å². The lowest BCUT2D eigenvalue weighted by molar-refractivity contribution is 0.150. The summed E-state index contributed by atoms with van der Waals surface area (Å²) in [5, 5.41) is 9.72. The molecular weight excluding hydrogens is 247 g/mol. The number of aryl methyl sites for hydroxylation is 1. The molecule has 3 heteroatoms. The fourth-order valence-corrected chi connectivity index (χ4v) is 2.08.